The number of alkyl halides is 3. The summed E-state index contributed by atoms with van der Waals surface area (Å²) >= 11 is 0. The molecule has 0 aliphatic rings. The van der Waals surface area contributed by atoms with Gasteiger partial charge in [-0.1, -0.05) is 12.1 Å². The Morgan fingerprint density at radius 3 is 2.57 bits per heavy atom. The van der Waals surface area contributed by atoms with E-state index in [1.54, 1.807) is 18.5 Å². The maximum absolute atomic E-state index is 12.2. The summed E-state index contributed by atoms with van der Waals surface area (Å²) in [6, 6.07) is 9.79. The van der Waals surface area contributed by atoms with Crippen molar-refractivity contribution in [1.29, 1.82) is 0 Å². The lowest BCUT2D eigenvalue weighted by atomic mass is 10.1. The molecule has 1 heterocycles. The van der Waals surface area contributed by atoms with E-state index in [0.717, 1.165) is 11.1 Å². The lowest BCUT2D eigenvalue weighted by molar-refractivity contribution is -0.274. The third-order valence-corrected chi connectivity index (χ3v) is 2.95. The molecule has 0 amide bonds. The van der Waals surface area contributed by atoms with Crippen LogP contribution in [0.2, 0.25) is 0 Å². The summed E-state index contributed by atoms with van der Waals surface area (Å²) in [4.78, 5) is 3.94. The first kappa shape index (κ1) is 15.3. The monoisotopic (exact) mass is 296 g/mol. The van der Waals surface area contributed by atoms with Crippen molar-refractivity contribution in [2.45, 2.75) is 25.9 Å². The summed E-state index contributed by atoms with van der Waals surface area (Å²) in [7, 11) is 0. The second kappa shape index (κ2) is 6.58. The molecule has 112 valence electrons. The summed E-state index contributed by atoms with van der Waals surface area (Å²) in [5.41, 5.74) is 1.78. The Balaban J connectivity index is 1.96. The third-order valence-electron chi connectivity index (χ3n) is 2.95. The zero-order valence-electron chi connectivity index (χ0n) is 11.4. The topological polar surface area (TPSA) is 34.1 Å². The Hall–Kier alpha value is -2.08. The highest BCUT2D eigenvalue weighted by atomic mass is 19.4. The summed E-state index contributed by atoms with van der Waals surface area (Å²) in [6.45, 7) is 2.42. The van der Waals surface area contributed by atoms with Crippen molar-refractivity contribution in [2.75, 3.05) is 0 Å². The maximum Gasteiger partial charge on any atom is 0.573 e. The lowest BCUT2D eigenvalue weighted by Gasteiger charge is -2.15. The van der Waals surface area contributed by atoms with Crippen molar-refractivity contribution in [3.63, 3.8) is 0 Å². The highest BCUT2D eigenvalue weighted by Gasteiger charge is 2.31. The molecule has 2 aromatic rings. The van der Waals surface area contributed by atoms with Crippen molar-refractivity contribution in [2.24, 2.45) is 0 Å². The molecular formula is C15H15F3N2O. The predicted molar refractivity (Wildman–Crippen MR) is 72.6 cm³/mol. The molecule has 0 unspecified atom stereocenters. The summed E-state index contributed by atoms with van der Waals surface area (Å²) < 4.78 is 40.4. The first-order chi connectivity index (χ1) is 9.94. The third kappa shape index (κ3) is 5.07. The highest BCUT2D eigenvalue weighted by Crippen LogP contribution is 2.23. The van der Waals surface area contributed by atoms with Crippen molar-refractivity contribution >= 4 is 0 Å². The van der Waals surface area contributed by atoms with E-state index in [-0.39, 0.29) is 11.8 Å². The molecule has 3 nitrogen and oxygen atoms in total. The SMILES string of the molecule is C[C@@H](NCc1cccc(OC(F)(F)F)c1)c1ccncc1. The fraction of sp³-hybridized carbons (Fsp3) is 0.267. The van der Waals surface area contributed by atoms with Crippen LogP contribution < -0.4 is 10.1 Å². The second-order valence-electron chi connectivity index (χ2n) is 4.58. The highest BCUT2D eigenvalue weighted by molar-refractivity contribution is 5.28. The van der Waals surface area contributed by atoms with E-state index in [0.29, 0.717) is 6.54 Å². The zero-order chi connectivity index (χ0) is 15.3. The average molecular weight is 296 g/mol. The number of aromatic nitrogens is 1. The van der Waals surface area contributed by atoms with Crippen LogP contribution in [0.3, 0.4) is 0 Å². The maximum atomic E-state index is 12.2. The number of nitrogens with zero attached hydrogens (tertiary/aromatic N) is 1. The molecule has 21 heavy (non-hydrogen) atoms. The predicted octanol–water partition coefficient (Wildman–Crippen LogP) is 3.83. The van der Waals surface area contributed by atoms with Crippen LogP contribution in [0.1, 0.15) is 24.1 Å². The van der Waals surface area contributed by atoms with Crippen LogP contribution in [0.4, 0.5) is 13.2 Å². The van der Waals surface area contributed by atoms with Gasteiger partial charge >= 0.3 is 6.36 Å². The van der Waals surface area contributed by atoms with Gasteiger partial charge in [0.05, 0.1) is 0 Å². The minimum atomic E-state index is -4.67. The number of ether oxygens (including phenoxy) is 1. The van der Waals surface area contributed by atoms with Gasteiger partial charge in [0.2, 0.25) is 0 Å². The van der Waals surface area contributed by atoms with E-state index in [4.69, 9.17) is 0 Å². The Morgan fingerprint density at radius 2 is 1.90 bits per heavy atom. The Labute approximate surface area is 120 Å². The van der Waals surface area contributed by atoms with Crippen LogP contribution in [-0.2, 0) is 6.54 Å². The van der Waals surface area contributed by atoms with E-state index in [2.05, 4.69) is 15.0 Å². The molecule has 1 aromatic heterocycles. The smallest absolute Gasteiger partial charge is 0.406 e. The number of nitrogens with one attached hydrogen (secondary N) is 1. The molecule has 0 bridgehead atoms. The molecule has 1 N–H and O–H groups in total. The molecular weight excluding hydrogens is 281 g/mol. The average Bonchev–Trinajstić information content (AvgIpc) is 2.44. The van der Waals surface area contributed by atoms with Crippen molar-refractivity contribution in [1.82, 2.24) is 10.3 Å². The van der Waals surface area contributed by atoms with Gasteiger partial charge in [0.25, 0.3) is 0 Å². The lowest BCUT2D eigenvalue weighted by Crippen LogP contribution is -2.19. The normalized spacial score (nSPS) is 13.0. The molecule has 0 radical (unpaired) electrons. The molecule has 6 heteroatoms. The first-order valence-electron chi connectivity index (χ1n) is 6.42. The van der Waals surface area contributed by atoms with Crippen LogP contribution >= 0.6 is 0 Å². The molecule has 1 aromatic carbocycles. The van der Waals surface area contributed by atoms with Crippen molar-refractivity contribution in [3.8, 4) is 5.75 Å². The van der Waals surface area contributed by atoms with Crippen molar-refractivity contribution < 1.29 is 17.9 Å². The van der Waals surface area contributed by atoms with Crippen LogP contribution in [0.25, 0.3) is 0 Å². The molecule has 0 saturated heterocycles. The minimum absolute atomic E-state index is 0.0696. The first-order valence-corrected chi connectivity index (χ1v) is 6.42. The fourth-order valence-corrected chi connectivity index (χ4v) is 1.89. The van der Waals surface area contributed by atoms with Crippen molar-refractivity contribution in [3.05, 3.63) is 59.9 Å². The Morgan fingerprint density at radius 1 is 1.19 bits per heavy atom. The molecule has 0 fully saturated rings. The zero-order valence-corrected chi connectivity index (χ0v) is 11.4. The number of pyridine rings is 1. The minimum Gasteiger partial charge on any atom is -0.406 e. The van der Waals surface area contributed by atoms with Gasteiger partial charge in [-0.05, 0) is 42.3 Å². The summed E-state index contributed by atoms with van der Waals surface area (Å²) in [6.07, 6.45) is -1.27. The standard InChI is InChI=1S/C15H15F3N2O/c1-11(13-5-7-19-8-6-13)20-10-12-3-2-4-14(9-12)21-15(16,17)18/h2-9,11,20H,10H2,1H3/t11-/m1/s1. The molecule has 2 rings (SSSR count). The Kier molecular flexibility index (Phi) is 4.80. The van der Waals surface area contributed by atoms with E-state index in [9.17, 15) is 13.2 Å². The quantitative estimate of drug-likeness (QED) is 0.910. The van der Waals surface area contributed by atoms with Gasteiger partial charge in [-0.2, -0.15) is 0 Å². The van der Waals surface area contributed by atoms with E-state index in [1.165, 1.54) is 18.2 Å². The van der Waals surface area contributed by atoms with Gasteiger partial charge in [0.1, 0.15) is 5.75 Å². The number of rotatable bonds is 5. The number of halogens is 3. The molecule has 0 saturated carbocycles. The van der Waals surface area contributed by atoms with Gasteiger partial charge in [0.15, 0.2) is 0 Å². The van der Waals surface area contributed by atoms with Crippen LogP contribution in [0, 0.1) is 0 Å². The Bertz CT molecular complexity index is 573. The van der Waals surface area contributed by atoms with Gasteiger partial charge in [-0.25, -0.2) is 0 Å². The molecule has 1 atom stereocenters. The number of hydrogen-bond donors (Lipinski definition) is 1. The molecule has 0 aliphatic carbocycles. The van der Waals surface area contributed by atoms with Gasteiger partial charge in [0, 0.05) is 25.0 Å². The van der Waals surface area contributed by atoms with Crippen LogP contribution in [0.15, 0.2) is 48.8 Å². The number of benzene rings is 1. The van der Waals surface area contributed by atoms with E-state index >= 15 is 0 Å². The number of hydrogen-bond acceptors (Lipinski definition) is 3. The van der Waals surface area contributed by atoms with E-state index < -0.39 is 6.36 Å². The largest absolute Gasteiger partial charge is 0.573 e. The summed E-state index contributed by atoms with van der Waals surface area (Å²) in [5, 5.41) is 3.24. The van der Waals surface area contributed by atoms with Gasteiger partial charge < -0.3 is 10.1 Å². The van der Waals surface area contributed by atoms with E-state index in [1.807, 2.05) is 19.1 Å². The van der Waals surface area contributed by atoms with Gasteiger partial charge in [-0.15, -0.1) is 13.2 Å². The molecule has 0 aliphatic heterocycles. The van der Waals surface area contributed by atoms with Crippen LogP contribution in [0.5, 0.6) is 5.75 Å². The van der Waals surface area contributed by atoms with Crippen LogP contribution in [-0.4, -0.2) is 11.3 Å². The molecule has 0 spiro atoms. The van der Waals surface area contributed by atoms with Gasteiger partial charge in [-0.3, -0.25) is 4.98 Å². The fourth-order valence-electron chi connectivity index (χ4n) is 1.89. The summed E-state index contributed by atoms with van der Waals surface area (Å²) in [5.74, 6) is -0.210. The second-order valence-corrected chi connectivity index (χ2v) is 4.58.